The zero-order chi connectivity index (χ0) is 23.0. The van der Waals surface area contributed by atoms with Crippen molar-refractivity contribution in [3.8, 4) is 0 Å². The van der Waals surface area contributed by atoms with Crippen molar-refractivity contribution in [3.05, 3.63) is 108 Å². The van der Waals surface area contributed by atoms with E-state index in [0.717, 1.165) is 23.4 Å². The van der Waals surface area contributed by atoms with Gasteiger partial charge in [-0.25, -0.2) is 0 Å². The van der Waals surface area contributed by atoms with Gasteiger partial charge in [0, 0.05) is 25.0 Å². The molecule has 0 atom stereocenters. The molecular formula is C25H25F3N2O2. The van der Waals surface area contributed by atoms with Crippen LogP contribution in [0.1, 0.15) is 22.4 Å². The Morgan fingerprint density at radius 1 is 1.03 bits per heavy atom. The topological polar surface area (TPSA) is 34.5 Å². The van der Waals surface area contributed by atoms with E-state index in [0.29, 0.717) is 25.3 Å². The molecule has 1 heterocycles. The molecule has 3 rings (SSSR count). The molecule has 1 amide bonds. The Labute approximate surface area is 185 Å². The number of aromatic nitrogens is 1. The van der Waals surface area contributed by atoms with Gasteiger partial charge in [0.1, 0.15) is 6.61 Å². The fourth-order valence-corrected chi connectivity index (χ4v) is 3.32. The van der Waals surface area contributed by atoms with Crippen LogP contribution in [0.3, 0.4) is 0 Å². The first-order chi connectivity index (χ1) is 15.4. The lowest BCUT2D eigenvalue weighted by atomic mass is 10.1. The predicted octanol–water partition coefficient (Wildman–Crippen LogP) is 5.29. The molecule has 0 aliphatic carbocycles. The van der Waals surface area contributed by atoms with Crippen LogP contribution in [0.25, 0.3) is 0 Å². The van der Waals surface area contributed by atoms with Crippen molar-refractivity contribution in [2.24, 2.45) is 0 Å². The van der Waals surface area contributed by atoms with Crippen molar-refractivity contribution in [1.82, 2.24) is 9.47 Å². The van der Waals surface area contributed by atoms with Crippen LogP contribution in [0, 0.1) is 0 Å². The largest absolute Gasteiger partial charge is 0.416 e. The normalized spacial score (nSPS) is 11.3. The number of alkyl halides is 3. The summed E-state index contributed by atoms with van der Waals surface area (Å²) in [6.07, 6.45) is -0.963. The van der Waals surface area contributed by atoms with Crippen LogP contribution in [0.4, 0.5) is 13.2 Å². The third-order valence-corrected chi connectivity index (χ3v) is 4.92. The van der Waals surface area contributed by atoms with Crippen LogP contribution >= 0.6 is 0 Å². The van der Waals surface area contributed by atoms with Gasteiger partial charge in [-0.3, -0.25) is 4.79 Å². The highest BCUT2D eigenvalue weighted by Gasteiger charge is 2.30. The standard InChI is InChI=1S/C25H25F3N2O2/c1-2-13-30(24(31)19-32-18-20-8-4-3-5-9-20)17-23-12-7-14-29(23)16-21-10-6-11-22(15-21)25(26,27)28/h2-12,14-15H,1,13,16-19H2. The minimum atomic E-state index is -4.39. The van der Waals surface area contributed by atoms with Gasteiger partial charge in [0.15, 0.2) is 0 Å². The highest BCUT2D eigenvalue weighted by molar-refractivity contribution is 5.77. The van der Waals surface area contributed by atoms with Gasteiger partial charge in [-0.1, -0.05) is 48.5 Å². The number of halogens is 3. The Morgan fingerprint density at radius 3 is 2.50 bits per heavy atom. The van der Waals surface area contributed by atoms with E-state index in [-0.39, 0.29) is 19.1 Å². The maximum absolute atomic E-state index is 13.0. The van der Waals surface area contributed by atoms with E-state index in [2.05, 4.69) is 6.58 Å². The highest BCUT2D eigenvalue weighted by Crippen LogP contribution is 2.29. The summed E-state index contributed by atoms with van der Waals surface area (Å²) in [5.41, 5.74) is 1.64. The van der Waals surface area contributed by atoms with E-state index in [1.807, 2.05) is 47.0 Å². The predicted molar refractivity (Wildman–Crippen MR) is 117 cm³/mol. The second-order valence-corrected chi connectivity index (χ2v) is 7.37. The number of nitrogens with zero attached hydrogens (tertiary/aromatic N) is 2. The summed E-state index contributed by atoms with van der Waals surface area (Å²) in [4.78, 5) is 14.3. The maximum atomic E-state index is 13.0. The van der Waals surface area contributed by atoms with Crippen molar-refractivity contribution >= 4 is 5.91 Å². The first-order valence-corrected chi connectivity index (χ1v) is 10.2. The zero-order valence-corrected chi connectivity index (χ0v) is 17.6. The van der Waals surface area contributed by atoms with Crippen LogP contribution in [-0.2, 0) is 35.4 Å². The molecule has 0 unspecified atom stereocenters. The summed E-state index contributed by atoms with van der Waals surface area (Å²) in [6.45, 7) is 4.88. The van der Waals surface area contributed by atoms with E-state index in [1.54, 1.807) is 23.2 Å². The van der Waals surface area contributed by atoms with Gasteiger partial charge < -0.3 is 14.2 Å². The van der Waals surface area contributed by atoms with Gasteiger partial charge in [0.05, 0.1) is 18.7 Å². The molecule has 0 saturated carbocycles. The molecular weight excluding hydrogens is 417 g/mol. The van der Waals surface area contributed by atoms with Gasteiger partial charge in [-0.2, -0.15) is 13.2 Å². The Balaban J connectivity index is 1.64. The minimum Gasteiger partial charge on any atom is -0.367 e. The third kappa shape index (κ3) is 6.59. The molecule has 0 aliphatic heterocycles. The SMILES string of the molecule is C=CCN(Cc1cccn1Cc1cccc(C(F)(F)F)c1)C(=O)COCc1ccccc1. The minimum absolute atomic E-state index is 0.0724. The van der Waals surface area contributed by atoms with E-state index in [9.17, 15) is 18.0 Å². The second-order valence-electron chi connectivity index (χ2n) is 7.37. The molecule has 0 radical (unpaired) electrons. The van der Waals surface area contributed by atoms with Crippen LogP contribution in [0.2, 0.25) is 0 Å². The van der Waals surface area contributed by atoms with Crippen LogP contribution in [0.15, 0.2) is 85.6 Å². The summed E-state index contributed by atoms with van der Waals surface area (Å²) in [7, 11) is 0. The molecule has 0 aliphatic rings. The molecule has 2 aromatic carbocycles. The molecule has 0 fully saturated rings. The maximum Gasteiger partial charge on any atom is 0.416 e. The van der Waals surface area contributed by atoms with E-state index in [1.165, 1.54) is 6.07 Å². The zero-order valence-electron chi connectivity index (χ0n) is 17.6. The number of rotatable bonds is 10. The quantitative estimate of drug-likeness (QED) is 0.400. The number of benzene rings is 2. The summed E-state index contributed by atoms with van der Waals surface area (Å²) in [6, 6.07) is 18.5. The lowest BCUT2D eigenvalue weighted by Gasteiger charge is -2.22. The molecule has 3 aromatic rings. The fraction of sp³-hybridized carbons (Fsp3) is 0.240. The first-order valence-electron chi connectivity index (χ1n) is 10.2. The number of carbonyl (C=O) groups is 1. The monoisotopic (exact) mass is 442 g/mol. The van der Waals surface area contributed by atoms with E-state index < -0.39 is 11.7 Å². The van der Waals surface area contributed by atoms with E-state index >= 15 is 0 Å². The average molecular weight is 442 g/mol. The molecule has 0 bridgehead atoms. The molecule has 0 spiro atoms. The Kier molecular flexibility index (Phi) is 7.89. The smallest absolute Gasteiger partial charge is 0.367 e. The lowest BCUT2D eigenvalue weighted by Crippen LogP contribution is -2.34. The number of hydrogen-bond acceptors (Lipinski definition) is 2. The third-order valence-electron chi connectivity index (χ3n) is 4.92. The Hall–Kier alpha value is -3.32. The van der Waals surface area contributed by atoms with Gasteiger partial charge in [0.25, 0.3) is 0 Å². The summed E-state index contributed by atoms with van der Waals surface area (Å²) >= 11 is 0. The van der Waals surface area contributed by atoms with E-state index in [4.69, 9.17) is 4.74 Å². The Bertz CT molecular complexity index is 1030. The fourth-order valence-electron chi connectivity index (χ4n) is 3.32. The number of ether oxygens (including phenoxy) is 1. The van der Waals surface area contributed by atoms with Gasteiger partial charge in [0.2, 0.25) is 5.91 Å². The molecule has 0 N–H and O–H groups in total. The van der Waals surface area contributed by atoms with Crippen molar-refractivity contribution in [1.29, 1.82) is 0 Å². The average Bonchev–Trinajstić information content (AvgIpc) is 3.20. The first kappa shape index (κ1) is 23.3. The Morgan fingerprint density at radius 2 is 1.78 bits per heavy atom. The molecule has 168 valence electrons. The molecule has 4 nitrogen and oxygen atoms in total. The van der Waals surface area contributed by atoms with Crippen LogP contribution in [0.5, 0.6) is 0 Å². The summed E-state index contributed by atoms with van der Waals surface area (Å²) in [5.74, 6) is -0.187. The summed E-state index contributed by atoms with van der Waals surface area (Å²) < 4.78 is 46.4. The number of hydrogen-bond donors (Lipinski definition) is 0. The molecule has 7 heteroatoms. The van der Waals surface area contributed by atoms with Gasteiger partial charge >= 0.3 is 6.18 Å². The highest BCUT2D eigenvalue weighted by atomic mass is 19.4. The van der Waals surface area contributed by atoms with Crippen molar-refractivity contribution < 1.29 is 22.7 Å². The van der Waals surface area contributed by atoms with Gasteiger partial charge in [-0.05, 0) is 35.4 Å². The van der Waals surface area contributed by atoms with Crippen LogP contribution in [-0.4, -0.2) is 28.5 Å². The van der Waals surface area contributed by atoms with Gasteiger partial charge in [-0.15, -0.1) is 6.58 Å². The molecule has 32 heavy (non-hydrogen) atoms. The number of carbonyl (C=O) groups excluding carboxylic acids is 1. The lowest BCUT2D eigenvalue weighted by molar-refractivity contribution is -0.138. The molecule has 0 saturated heterocycles. The number of amides is 1. The van der Waals surface area contributed by atoms with Crippen molar-refractivity contribution in [2.75, 3.05) is 13.2 Å². The van der Waals surface area contributed by atoms with Crippen LogP contribution < -0.4 is 0 Å². The molecule has 1 aromatic heterocycles. The van der Waals surface area contributed by atoms with Crippen molar-refractivity contribution in [3.63, 3.8) is 0 Å². The second kappa shape index (κ2) is 10.8. The summed E-state index contributed by atoms with van der Waals surface area (Å²) in [5, 5.41) is 0. The van der Waals surface area contributed by atoms with Crippen molar-refractivity contribution in [2.45, 2.75) is 25.9 Å².